The van der Waals surface area contributed by atoms with Crippen LogP contribution in [0.15, 0.2) is 54.6 Å². The molecular weight excluding hydrogens is 228 g/mol. The summed E-state index contributed by atoms with van der Waals surface area (Å²) in [7, 11) is 0. The Morgan fingerprint density at radius 3 is 2.22 bits per heavy atom. The van der Waals surface area contributed by atoms with Crippen molar-refractivity contribution in [3.8, 4) is 0 Å². The first-order valence-corrected chi connectivity index (χ1v) is 5.70. The van der Waals surface area contributed by atoms with E-state index < -0.39 is 4.92 Å². The average molecular weight is 242 g/mol. The van der Waals surface area contributed by atoms with Gasteiger partial charge in [0.1, 0.15) is 0 Å². The number of nitrogens with zero attached hydrogens (tertiary/aromatic N) is 1. The number of rotatable bonds is 4. The molecule has 2 aromatic carbocycles. The van der Waals surface area contributed by atoms with Crippen molar-refractivity contribution in [3.05, 3.63) is 75.8 Å². The number of non-ortho nitro benzene ring substituents is 1. The fourth-order valence-electron chi connectivity index (χ4n) is 1.83. The van der Waals surface area contributed by atoms with Crippen LogP contribution in [-0.2, 0) is 6.42 Å². The molecule has 0 amide bonds. The van der Waals surface area contributed by atoms with Crippen molar-refractivity contribution < 1.29 is 4.92 Å². The van der Waals surface area contributed by atoms with Crippen LogP contribution in [0.5, 0.6) is 0 Å². The van der Waals surface area contributed by atoms with E-state index in [0.717, 1.165) is 17.5 Å². The second-order valence-electron chi connectivity index (χ2n) is 4.14. The Morgan fingerprint density at radius 2 is 1.67 bits per heavy atom. The van der Waals surface area contributed by atoms with Gasteiger partial charge in [-0.25, -0.2) is 0 Å². The summed E-state index contributed by atoms with van der Waals surface area (Å²) in [5.41, 5.74) is 8.23. The van der Waals surface area contributed by atoms with E-state index in [1.807, 2.05) is 30.3 Å². The zero-order valence-electron chi connectivity index (χ0n) is 9.82. The van der Waals surface area contributed by atoms with Crippen LogP contribution in [0.4, 0.5) is 5.69 Å². The molecule has 1 unspecified atom stereocenters. The molecule has 92 valence electrons. The van der Waals surface area contributed by atoms with Crippen LogP contribution < -0.4 is 5.73 Å². The van der Waals surface area contributed by atoms with Gasteiger partial charge in [-0.15, -0.1) is 0 Å². The van der Waals surface area contributed by atoms with Gasteiger partial charge < -0.3 is 5.73 Å². The summed E-state index contributed by atoms with van der Waals surface area (Å²) in [6, 6.07) is 16.2. The minimum Gasteiger partial charge on any atom is -0.324 e. The van der Waals surface area contributed by atoms with Gasteiger partial charge in [0.15, 0.2) is 0 Å². The molecule has 0 aliphatic rings. The summed E-state index contributed by atoms with van der Waals surface area (Å²) in [5.74, 6) is 0. The summed E-state index contributed by atoms with van der Waals surface area (Å²) in [4.78, 5) is 10.1. The first-order chi connectivity index (χ1) is 8.66. The Morgan fingerprint density at radius 1 is 1.06 bits per heavy atom. The van der Waals surface area contributed by atoms with Crippen molar-refractivity contribution in [2.75, 3.05) is 0 Å². The lowest BCUT2D eigenvalue weighted by atomic mass is 10.00. The van der Waals surface area contributed by atoms with E-state index in [2.05, 4.69) is 0 Å². The predicted octanol–water partition coefficient (Wildman–Crippen LogP) is 2.84. The highest BCUT2D eigenvalue weighted by Gasteiger charge is 2.09. The summed E-state index contributed by atoms with van der Waals surface area (Å²) >= 11 is 0. The molecule has 0 aliphatic heterocycles. The second kappa shape index (κ2) is 5.42. The van der Waals surface area contributed by atoms with Crippen LogP contribution in [0, 0.1) is 10.1 Å². The lowest BCUT2D eigenvalue weighted by molar-refractivity contribution is -0.384. The van der Waals surface area contributed by atoms with Gasteiger partial charge in [0.25, 0.3) is 5.69 Å². The van der Waals surface area contributed by atoms with E-state index in [4.69, 9.17) is 5.73 Å². The molecule has 0 heterocycles. The van der Waals surface area contributed by atoms with E-state index in [-0.39, 0.29) is 11.7 Å². The Balaban J connectivity index is 2.09. The molecule has 4 heteroatoms. The Hall–Kier alpha value is -2.20. The van der Waals surface area contributed by atoms with Crippen molar-refractivity contribution in [3.63, 3.8) is 0 Å². The molecule has 1 atom stereocenters. The largest absolute Gasteiger partial charge is 0.324 e. The summed E-state index contributed by atoms with van der Waals surface area (Å²) in [6.07, 6.45) is 0.721. The number of hydrogen-bond acceptors (Lipinski definition) is 3. The first-order valence-electron chi connectivity index (χ1n) is 5.70. The predicted molar refractivity (Wildman–Crippen MR) is 70.2 cm³/mol. The van der Waals surface area contributed by atoms with Crippen LogP contribution in [0.1, 0.15) is 17.2 Å². The number of nitro groups is 1. The molecule has 2 rings (SSSR count). The van der Waals surface area contributed by atoms with Crippen LogP contribution in [0.25, 0.3) is 0 Å². The Bertz CT molecular complexity index is 523. The lowest BCUT2D eigenvalue weighted by Crippen LogP contribution is -2.13. The molecule has 0 fully saturated rings. The third-order valence-electron chi connectivity index (χ3n) is 2.83. The molecule has 0 bridgehead atoms. The summed E-state index contributed by atoms with van der Waals surface area (Å²) < 4.78 is 0. The van der Waals surface area contributed by atoms with Crippen LogP contribution in [-0.4, -0.2) is 4.92 Å². The lowest BCUT2D eigenvalue weighted by Gasteiger charge is -2.11. The normalized spacial score (nSPS) is 12.1. The maximum absolute atomic E-state index is 10.5. The van der Waals surface area contributed by atoms with Gasteiger partial charge in [0.05, 0.1) is 4.92 Å². The molecular formula is C14H14N2O2. The molecule has 2 N–H and O–H groups in total. The molecule has 18 heavy (non-hydrogen) atoms. The highest BCUT2D eigenvalue weighted by Crippen LogP contribution is 2.19. The van der Waals surface area contributed by atoms with Gasteiger partial charge in [0, 0.05) is 18.2 Å². The molecule has 4 nitrogen and oxygen atoms in total. The van der Waals surface area contributed by atoms with Gasteiger partial charge >= 0.3 is 0 Å². The van der Waals surface area contributed by atoms with Crippen molar-refractivity contribution in [2.45, 2.75) is 12.5 Å². The minimum absolute atomic E-state index is 0.0886. The number of nitrogens with two attached hydrogens (primary N) is 1. The monoisotopic (exact) mass is 242 g/mol. The molecule has 0 saturated carbocycles. The standard InChI is InChI=1S/C14H14N2O2/c15-14(10-11-4-2-1-3-5-11)12-6-8-13(9-7-12)16(17)18/h1-9,14H,10,15H2. The SMILES string of the molecule is NC(Cc1ccccc1)c1ccc([N+](=O)[O-])cc1. The number of benzene rings is 2. The van der Waals surface area contributed by atoms with E-state index in [1.54, 1.807) is 12.1 Å². The Labute approximate surface area is 105 Å². The van der Waals surface area contributed by atoms with Crippen LogP contribution in [0.2, 0.25) is 0 Å². The van der Waals surface area contributed by atoms with Crippen LogP contribution in [0.3, 0.4) is 0 Å². The average Bonchev–Trinajstić information content (AvgIpc) is 2.40. The smallest absolute Gasteiger partial charge is 0.269 e. The zero-order chi connectivity index (χ0) is 13.0. The first kappa shape index (κ1) is 12.3. The maximum Gasteiger partial charge on any atom is 0.269 e. The minimum atomic E-state index is -0.410. The fourth-order valence-corrected chi connectivity index (χ4v) is 1.83. The van der Waals surface area contributed by atoms with Gasteiger partial charge in [-0.2, -0.15) is 0 Å². The Kier molecular flexibility index (Phi) is 3.69. The van der Waals surface area contributed by atoms with E-state index in [9.17, 15) is 10.1 Å². The zero-order valence-corrected chi connectivity index (χ0v) is 9.82. The van der Waals surface area contributed by atoms with Crippen LogP contribution >= 0.6 is 0 Å². The topological polar surface area (TPSA) is 69.2 Å². The van der Waals surface area contributed by atoms with Crippen molar-refractivity contribution in [1.82, 2.24) is 0 Å². The van der Waals surface area contributed by atoms with Crippen molar-refractivity contribution >= 4 is 5.69 Å². The molecule has 0 aromatic heterocycles. The van der Waals surface area contributed by atoms with Crippen molar-refractivity contribution in [2.24, 2.45) is 5.73 Å². The maximum atomic E-state index is 10.5. The molecule has 0 spiro atoms. The molecule has 0 aliphatic carbocycles. The van der Waals surface area contributed by atoms with E-state index in [0.29, 0.717) is 0 Å². The van der Waals surface area contributed by atoms with E-state index >= 15 is 0 Å². The van der Waals surface area contributed by atoms with Gasteiger partial charge in [-0.3, -0.25) is 10.1 Å². The highest BCUT2D eigenvalue weighted by atomic mass is 16.6. The van der Waals surface area contributed by atoms with Gasteiger partial charge in [-0.1, -0.05) is 42.5 Å². The summed E-state index contributed by atoms with van der Waals surface area (Å²) in [6.45, 7) is 0. The van der Waals surface area contributed by atoms with Gasteiger partial charge in [0.2, 0.25) is 0 Å². The third-order valence-corrected chi connectivity index (χ3v) is 2.83. The quantitative estimate of drug-likeness (QED) is 0.662. The molecule has 0 saturated heterocycles. The fraction of sp³-hybridized carbons (Fsp3) is 0.143. The second-order valence-corrected chi connectivity index (χ2v) is 4.14. The highest BCUT2D eigenvalue weighted by molar-refractivity contribution is 5.34. The van der Waals surface area contributed by atoms with Crippen molar-refractivity contribution in [1.29, 1.82) is 0 Å². The molecule has 2 aromatic rings. The number of hydrogen-bond donors (Lipinski definition) is 1. The number of nitro benzene ring substituents is 1. The van der Waals surface area contributed by atoms with E-state index in [1.165, 1.54) is 12.1 Å². The third kappa shape index (κ3) is 2.93. The summed E-state index contributed by atoms with van der Waals surface area (Å²) in [5, 5.41) is 10.5. The van der Waals surface area contributed by atoms with Gasteiger partial charge in [-0.05, 0) is 17.5 Å². The molecule has 0 radical (unpaired) electrons.